The number of thiophene rings is 1. The Bertz CT molecular complexity index is 701. The summed E-state index contributed by atoms with van der Waals surface area (Å²) in [5.41, 5.74) is 0. The van der Waals surface area contributed by atoms with Gasteiger partial charge in [0, 0.05) is 24.5 Å². The predicted molar refractivity (Wildman–Crippen MR) is 101 cm³/mol. The second-order valence-electron chi connectivity index (χ2n) is 6.27. The van der Waals surface area contributed by atoms with Gasteiger partial charge < -0.3 is 19.7 Å². The number of carbonyl (C=O) groups excluding carboxylic acids is 1. The molecule has 0 radical (unpaired) electrons. The number of aromatic nitrogens is 2. The Balaban J connectivity index is 1.56. The zero-order valence-corrected chi connectivity index (χ0v) is 15.9. The Kier molecular flexibility index (Phi) is 6.27. The molecule has 2 aromatic rings. The van der Waals surface area contributed by atoms with E-state index < -0.39 is 0 Å². The Hall–Kier alpha value is -2.35. The van der Waals surface area contributed by atoms with Crippen LogP contribution in [0.2, 0.25) is 0 Å². The van der Waals surface area contributed by atoms with Crippen LogP contribution >= 0.6 is 11.3 Å². The van der Waals surface area contributed by atoms with E-state index in [1.165, 1.54) is 0 Å². The van der Waals surface area contributed by atoms with Gasteiger partial charge in [0.1, 0.15) is 0 Å². The molecule has 1 amide bonds. The monoisotopic (exact) mass is 376 g/mol. The lowest BCUT2D eigenvalue weighted by atomic mass is 9.98. The summed E-state index contributed by atoms with van der Waals surface area (Å²) in [6, 6.07) is 5.62. The maximum Gasteiger partial charge on any atom is 0.231 e. The van der Waals surface area contributed by atoms with Crippen LogP contribution in [0.3, 0.4) is 0 Å². The third-order valence-electron chi connectivity index (χ3n) is 4.39. The fourth-order valence-electron chi connectivity index (χ4n) is 3.05. The zero-order valence-electron chi connectivity index (χ0n) is 15.1. The third-order valence-corrected chi connectivity index (χ3v) is 5.27. The van der Waals surface area contributed by atoms with E-state index in [1.807, 2.05) is 17.5 Å². The molecule has 3 heterocycles. The van der Waals surface area contributed by atoms with Crippen molar-refractivity contribution in [3.8, 4) is 11.8 Å². The highest BCUT2D eigenvalue weighted by atomic mass is 32.1. The largest absolute Gasteiger partial charge is 0.481 e. The highest BCUT2D eigenvalue weighted by molar-refractivity contribution is 7.10. The highest BCUT2D eigenvalue weighted by Crippen LogP contribution is 2.24. The van der Waals surface area contributed by atoms with Gasteiger partial charge in [0.25, 0.3) is 0 Å². The van der Waals surface area contributed by atoms with Crippen LogP contribution in [0.5, 0.6) is 11.8 Å². The van der Waals surface area contributed by atoms with Gasteiger partial charge in [0.2, 0.25) is 23.6 Å². The summed E-state index contributed by atoms with van der Waals surface area (Å²) in [6.07, 6.45) is 2.57. The predicted octanol–water partition coefficient (Wildman–Crippen LogP) is 2.13. The number of methoxy groups -OCH3 is 2. The van der Waals surface area contributed by atoms with Gasteiger partial charge in [-0.3, -0.25) is 4.79 Å². The van der Waals surface area contributed by atoms with E-state index in [4.69, 9.17) is 9.47 Å². The molecule has 1 saturated heterocycles. The highest BCUT2D eigenvalue weighted by Gasteiger charge is 2.23. The lowest BCUT2D eigenvalue weighted by Gasteiger charge is -2.33. The van der Waals surface area contributed by atoms with Crippen LogP contribution in [0.1, 0.15) is 17.7 Å². The number of nitrogens with one attached hydrogen (secondary N) is 1. The van der Waals surface area contributed by atoms with Crippen molar-refractivity contribution in [1.82, 2.24) is 15.3 Å². The number of amides is 1. The van der Waals surface area contributed by atoms with Crippen LogP contribution in [0, 0.1) is 5.92 Å². The molecule has 0 saturated carbocycles. The second kappa shape index (κ2) is 8.84. The van der Waals surface area contributed by atoms with Crippen LogP contribution in [-0.2, 0) is 11.2 Å². The van der Waals surface area contributed by atoms with Crippen molar-refractivity contribution in [2.45, 2.75) is 19.3 Å². The minimum Gasteiger partial charge on any atom is -0.481 e. The molecule has 8 heteroatoms. The van der Waals surface area contributed by atoms with E-state index in [0.717, 1.165) is 30.8 Å². The third kappa shape index (κ3) is 4.85. The number of ether oxygens (including phenoxy) is 2. The second-order valence-corrected chi connectivity index (χ2v) is 7.30. The fourth-order valence-corrected chi connectivity index (χ4v) is 3.75. The number of hydrogen-bond acceptors (Lipinski definition) is 7. The van der Waals surface area contributed by atoms with E-state index in [0.29, 0.717) is 36.6 Å². The van der Waals surface area contributed by atoms with Crippen LogP contribution < -0.4 is 19.7 Å². The van der Waals surface area contributed by atoms with Crippen LogP contribution in [-0.4, -0.2) is 49.7 Å². The molecular weight excluding hydrogens is 352 g/mol. The van der Waals surface area contributed by atoms with Crippen molar-refractivity contribution in [3.05, 3.63) is 28.5 Å². The molecule has 2 aromatic heterocycles. The molecule has 140 valence electrons. The van der Waals surface area contributed by atoms with Gasteiger partial charge >= 0.3 is 0 Å². The van der Waals surface area contributed by atoms with Crippen molar-refractivity contribution >= 4 is 23.2 Å². The Morgan fingerprint density at radius 3 is 2.77 bits per heavy atom. The first-order valence-corrected chi connectivity index (χ1v) is 9.57. The Morgan fingerprint density at radius 1 is 1.35 bits per heavy atom. The first-order valence-electron chi connectivity index (χ1n) is 8.69. The average molecular weight is 376 g/mol. The van der Waals surface area contributed by atoms with Crippen molar-refractivity contribution in [3.63, 3.8) is 0 Å². The molecule has 1 atom stereocenters. The molecule has 26 heavy (non-hydrogen) atoms. The van der Waals surface area contributed by atoms with E-state index in [1.54, 1.807) is 31.6 Å². The van der Waals surface area contributed by atoms with Crippen molar-refractivity contribution < 1.29 is 14.3 Å². The lowest BCUT2D eigenvalue weighted by Crippen LogP contribution is -2.42. The minimum absolute atomic E-state index is 0.0730. The zero-order chi connectivity index (χ0) is 18.4. The van der Waals surface area contributed by atoms with Crippen LogP contribution in [0.25, 0.3) is 0 Å². The standard InChI is InChI=1S/C18H24N4O3S/c1-24-16-10-17(25-2)21-18(20-16)22-7-3-5-13(12-22)11-19-15(23)9-14-6-4-8-26-14/h4,6,8,10,13H,3,5,7,9,11-12H2,1-2H3,(H,19,23). The first-order chi connectivity index (χ1) is 12.7. The molecule has 1 aliphatic heterocycles. The van der Waals surface area contributed by atoms with Crippen molar-refractivity contribution in [2.24, 2.45) is 5.92 Å². The molecule has 0 aromatic carbocycles. The maximum atomic E-state index is 12.1. The Labute approximate surface area is 157 Å². The van der Waals surface area contributed by atoms with E-state index in [-0.39, 0.29) is 5.91 Å². The van der Waals surface area contributed by atoms with Gasteiger partial charge in [-0.05, 0) is 30.2 Å². The summed E-state index contributed by atoms with van der Waals surface area (Å²) >= 11 is 1.61. The van der Waals surface area contributed by atoms with Gasteiger partial charge in [0.15, 0.2) is 0 Å². The van der Waals surface area contributed by atoms with Gasteiger partial charge in [-0.15, -0.1) is 11.3 Å². The molecule has 3 rings (SSSR count). The van der Waals surface area contributed by atoms with Crippen molar-refractivity contribution in [2.75, 3.05) is 38.8 Å². The molecule has 7 nitrogen and oxygen atoms in total. The number of nitrogens with zero attached hydrogens (tertiary/aromatic N) is 3. The fraction of sp³-hybridized carbons (Fsp3) is 0.500. The van der Waals surface area contributed by atoms with Crippen LogP contribution in [0.4, 0.5) is 5.95 Å². The number of piperidine rings is 1. The quantitative estimate of drug-likeness (QED) is 0.798. The SMILES string of the molecule is COc1cc(OC)nc(N2CCCC(CNC(=O)Cc3cccs3)C2)n1. The van der Waals surface area contributed by atoms with Gasteiger partial charge in [-0.25, -0.2) is 0 Å². The lowest BCUT2D eigenvalue weighted by molar-refractivity contribution is -0.120. The molecule has 0 bridgehead atoms. The van der Waals surface area contributed by atoms with Gasteiger partial charge in [-0.1, -0.05) is 6.07 Å². The van der Waals surface area contributed by atoms with Crippen LogP contribution in [0.15, 0.2) is 23.6 Å². The van der Waals surface area contributed by atoms with Gasteiger partial charge in [0.05, 0.1) is 26.7 Å². The topological polar surface area (TPSA) is 76.6 Å². The number of carbonyl (C=O) groups is 1. The molecule has 0 spiro atoms. The summed E-state index contributed by atoms with van der Waals surface area (Å²) in [6.45, 7) is 2.35. The first kappa shape index (κ1) is 18.4. The number of rotatable bonds is 7. The summed E-state index contributed by atoms with van der Waals surface area (Å²) in [5.74, 6) is 2.02. The summed E-state index contributed by atoms with van der Waals surface area (Å²) < 4.78 is 10.5. The smallest absolute Gasteiger partial charge is 0.231 e. The molecule has 1 fully saturated rings. The summed E-state index contributed by atoms with van der Waals surface area (Å²) in [4.78, 5) is 24.2. The van der Waals surface area contributed by atoms with E-state index >= 15 is 0 Å². The summed E-state index contributed by atoms with van der Waals surface area (Å²) in [7, 11) is 3.15. The minimum atomic E-state index is 0.0730. The Morgan fingerprint density at radius 2 is 2.12 bits per heavy atom. The summed E-state index contributed by atoms with van der Waals surface area (Å²) in [5, 5.41) is 5.05. The molecular formula is C18H24N4O3S. The number of anilines is 1. The number of hydrogen-bond donors (Lipinski definition) is 1. The van der Waals surface area contributed by atoms with Gasteiger partial charge in [-0.2, -0.15) is 9.97 Å². The van der Waals surface area contributed by atoms with E-state index in [2.05, 4.69) is 20.2 Å². The molecule has 1 unspecified atom stereocenters. The molecule has 1 aliphatic rings. The average Bonchev–Trinajstić information content (AvgIpc) is 3.19. The van der Waals surface area contributed by atoms with Crippen molar-refractivity contribution in [1.29, 1.82) is 0 Å². The molecule has 0 aliphatic carbocycles. The normalized spacial score (nSPS) is 17.0. The maximum absolute atomic E-state index is 12.1. The van der Waals surface area contributed by atoms with E-state index in [9.17, 15) is 4.79 Å². The molecule has 1 N–H and O–H groups in total.